The number of aromatic nitrogens is 2. The number of amides is 1. The molecule has 9 heteroatoms. The van der Waals surface area contributed by atoms with Crippen LogP contribution < -0.4 is 15.0 Å². The fourth-order valence-electron chi connectivity index (χ4n) is 6.15. The molecule has 0 atom stereocenters. The quantitative estimate of drug-likeness (QED) is 0.450. The van der Waals surface area contributed by atoms with Gasteiger partial charge in [0, 0.05) is 81.8 Å². The minimum absolute atomic E-state index is 0.0528. The Morgan fingerprint density at radius 3 is 2.46 bits per heavy atom. The number of morpholine rings is 1. The van der Waals surface area contributed by atoms with Crippen LogP contribution in [0.15, 0.2) is 37.1 Å². The minimum atomic E-state index is 0.0528. The number of pyridine rings is 2. The van der Waals surface area contributed by atoms with Gasteiger partial charge in [-0.05, 0) is 50.0 Å². The largest absolute Gasteiger partial charge is 0.487 e. The SMILES string of the molecule is C=CC(=O)N1CCC(N2CC(c3ccc(OCc4c(N5CCOCC5)ccnc4NC)c(C4CC4)n3)C2)CC1.CC. The maximum atomic E-state index is 11.9. The summed E-state index contributed by atoms with van der Waals surface area (Å²) in [5.41, 5.74) is 4.53. The molecule has 4 aliphatic rings. The number of hydrogen-bond donors (Lipinski definition) is 1. The van der Waals surface area contributed by atoms with Gasteiger partial charge in [0.1, 0.15) is 18.2 Å². The molecule has 0 spiro atoms. The molecule has 0 radical (unpaired) electrons. The van der Waals surface area contributed by atoms with Gasteiger partial charge in [0.25, 0.3) is 0 Å². The van der Waals surface area contributed by atoms with E-state index in [1.54, 1.807) is 0 Å². The summed E-state index contributed by atoms with van der Waals surface area (Å²) in [6.45, 7) is 15.0. The zero-order valence-electron chi connectivity index (χ0n) is 25.0. The average Bonchev–Trinajstić information content (AvgIpc) is 3.86. The number of hydrogen-bond acceptors (Lipinski definition) is 8. The highest BCUT2D eigenvalue weighted by atomic mass is 16.5. The van der Waals surface area contributed by atoms with Crippen molar-refractivity contribution < 1.29 is 14.3 Å². The van der Waals surface area contributed by atoms with Crippen LogP contribution in [0.1, 0.15) is 68.3 Å². The molecule has 1 N–H and O–H groups in total. The lowest BCUT2D eigenvalue weighted by Crippen LogP contribution is -2.54. The molecule has 222 valence electrons. The van der Waals surface area contributed by atoms with Gasteiger partial charge < -0.3 is 24.6 Å². The lowest BCUT2D eigenvalue weighted by atomic mass is 9.90. The molecule has 2 aromatic heterocycles. The minimum Gasteiger partial charge on any atom is -0.487 e. The van der Waals surface area contributed by atoms with Crippen molar-refractivity contribution in [2.75, 3.05) is 69.7 Å². The van der Waals surface area contributed by atoms with Crippen molar-refractivity contribution in [3.63, 3.8) is 0 Å². The maximum absolute atomic E-state index is 11.9. The fraction of sp³-hybridized carbons (Fsp3) is 0.594. The monoisotopic (exact) mass is 562 g/mol. The summed E-state index contributed by atoms with van der Waals surface area (Å²) in [6.07, 6.45) is 7.72. The number of nitrogens with one attached hydrogen (secondary N) is 1. The summed E-state index contributed by atoms with van der Waals surface area (Å²) in [5, 5.41) is 3.25. The lowest BCUT2D eigenvalue weighted by molar-refractivity contribution is -0.127. The Morgan fingerprint density at radius 2 is 1.80 bits per heavy atom. The number of carbonyl (C=O) groups is 1. The second kappa shape index (κ2) is 13.7. The number of likely N-dealkylation sites (tertiary alicyclic amines) is 2. The van der Waals surface area contributed by atoms with Crippen LogP contribution in [0.2, 0.25) is 0 Å². The maximum Gasteiger partial charge on any atom is 0.245 e. The highest BCUT2D eigenvalue weighted by molar-refractivity contribution is 5.87. The van der Waals surface area contributed by atoms with E-state index in [9.17, 15) is 4.79 Å². The van der Waals surface area contributed by atoms with E-state index < -0.39 is 0 Å². The lowest BCUT2D eigenvalue weighted by Gasteiger charge is -2.47. The average molecular weight is 563 g/mol. The fourth-order valence-corrected chi connectivity index (χ4v) is 6.15. The van der Waals surface area contributed by atoms with E-state index in [0.29, 0.717) is 24.5 Å². The van der Waals surface area contributed by atoms with Gasteiger partial charge in [0.15, 0.2) is 0 Å². The molecule has 2 aromatic rings. The third kappa shape index (κ3) is 6.67. The Kier molecular flexibility index (Phi) is 9.77. The summed E-state index contributed by atoms with van der Waals surface area (Å²) in [4.78, 5) is 28.5. The predicted octanol–water partition coefficient (Wildman–Crippen LogP) is 4.41. The molecule has 4 fully saturated rings. The number of rotatable bonds is 9. The topological polar surface area (TPSA) is 83.1 Å². The molecule has 3 saturated heterocycles. The second-order valence-corrected chi connectivity index (χ2v) is 11.1. The number of anilines is 2. The van der Waals surface area contributed by atoms with Crippen LogP contribution in [0, 0.1) is 0 Å². The van der Waals surface area contributed by atoms with Crippen molar-refractivity contribution in [3.05, 3.63) is 54.0 Å². The van der Waals surface area contributed by atoms with Gasteiger partial charge in [-0.15, -0.1) is 0 Å². The summed E-state index contributed by atoms with van der Waals surface area (Å²) in [5.74, 6) is 2.77. The molecule has 41 heavy (non-hydrogen) atoms. The van der Waals surface area contributed by atoms with E-state index in [1.807, 2.05) is 32.0 Å². The van der Waals surface area contributed by atoms with E-state index in [0.717, 1.165) is 93.8 Å². The number of nitrogens with zero attached hydrogens (tertiary/aromatic N) is 5. The van der Waals surface area contributed by atoms with Gasteiger partial charge >= 0.3 is 0 Å². The van der Waals surface area contributed by atoms with Crippen LogP contribution in [-0.2, 0) is 16.1 Å². The molecule has 5 heterocycles. The molecular weight excluding hydrogens is 516 g/mol. The molecule has 3 aliphatic heterocycles. The first-order chi connectivity index (χ1) is 20.1. The molecule has 0 aromatic carbocycles. The Morgan fingerprint density at radius 1 is 1.07 bits per heavy atom. The van der Waals surface area contributed by atoms with Crippen molar-refractivity contribution in [2.45, 2.75) is 64.0 Å². The van der Waals surface area contributed by atoms with Gasteiger partial charge in [-0.25, -0.2) is 4.98 Å². The molecule has 1 aliphatic carbocycles. The summed E-state index contributed by atoms with van der Waals surface area (Å²) in [6, 6.07) is 6.95. The van der Waals surface area contributed by atoms with E-state index in [-0.39, 0.29) is 5.91 Å². The van der Waals surface area contributed by atoms with Crippen molar-refractivity contribution >= 4 is 17.4 Å². The first-order valence-electron chi connectivity index (χ1n) is 15.4. The van der Waals surface area contributed by atoms with Gasteiger partial charge in [0.2, 0.25) is 5.91 Å². The Hall–Kier alpha value is -3.17. The number of carbonyl (C=O) groups excluding carboxylic acids is 1. The van der Waals surface area contributed by atoms with Gasteiger partial charge in [-0.3, -0.25) is 14.7 Å². The highest BCUT2D eigenvalue weighted by Gasteiger charge is 2.37. The first-order valence-corrected chi connectivity index (χ1v) is 15.4. The van der Waals surface area contributed by atoms with Crippen molar-refractivity contribution in [2.24, 2.45) is 0 Å². The summed E-state index contributed by atoms with van der Waals surface area (Å²) < 4.78 is 12.1. The molecule has 0 bridgehead atoms. The van der Waals surface area contributed by atoms with E-state index in [1.165, 1.54) is 24.6 Å². The number of ether oxygens (including phenoxy) is 2. The Bertz CT molecular complexity index is 1180. The second-order valence-electron chi connectivity index (χ2n) is 11.1. The van der Waals surface area contributed by atoms with Crippen molar-refractivity contribution in [3.8, 4) is 5.75 Å². The van der Waals surface area contributed by atoms with E-state index in [2.05, 4.69) is 44.9 Å². The smallest absolute Gasteiger partial charge is 0.245 e. The molecule has 6 rings (SSSR count). The molecule has 1 saturated carbocycles. The van der Waals surface area contributed by atoms with E-state index >= 15 is 0 Å². The third-order valence-electron chi connectivity index (χ3n) is 8.66. The van der Waals surface area contributed by atoms with Crippen LogP contribution in [0.4, 0.5) is 11.5 Å². The zero-order chi connectivity index (χ0) is 28.8. The van der Waals surface area contributed by atoms with Gasteiger partial charge in [-0.2, -0.15) is 0 Å². The number of piperidine rings is 1. The van der Waals surface area contributed by atoms with Crippen LogP contribution in [0.3, 0.4) is 0 Å². The van der Waals surface area contributed by atoms with Crippen LogP contribution >= 0.6 is 0 Å². The molecule has 9 nitrogen and oxygen atoms in total. The standard InChI is InChI=1S/C30H40N6O3.C2H6/c1-3-28(37)35-12-9-23(10-13-35)36-18-22(19-36)25-6-7-27(29(33-25)21-4-5-21)39-20-24-26(8-11-32-30(24)31-2)34-14-16-38-17-15-34;1-2/h3,6-8,11,21-23H,1,4-5,9-10,12-20H2,2H3,(H,31,32);1-2H3. The normalized spacial score (nSPS) is 20.1. The first kappa shape index (κ1) is 29.3. The molecular formula is C32H46N6O3. The third-order valence-corrected chi connectivity index (χ3v) is 8.66. The van der Waals surface area contributed by atoms with Gasteiger partial charge in [-0.1, -0.05) is 20.4 Å². The molecule has 1 amide bonds. The van der Waals surface area contributed by atoms with Crippen LogP contribution in [0.25, 0.3) is 0 Å². The Labute approximate surface area is 244 Å². The summed E-state index contributed by atoms with van der Waals surface area (Å²) in [7, 11) is 1.91. The highest BCUT2D eigenvalue weighted by Crippen LogP contribution is 2.44. The molecule has 0 unspecified atom stereocenters. The zero-order valence-corrected chi connectivity index (χ0v) is 25.0. The summed E-state index contributed by atoms with van der Waals surface area (Å²) >= 11 is 0. The van der Waals surface area contributed by atoms with Crippen LogP contribution in [0.5, 0.6) is 5.75 Å². The van der Waals surface area contributed by atoms with E-state index in [4.69, 9.17) is 14.5 Å². The van der Waals surface area contributed by atoms with Crippen LogP contribution in [-0.4, -0.2) is 91.2 Å². The predicted molar refractivity (Wildman–Crippen MR) is 163 cm³/mol. The van der Waals surface area contributed by atoms with Crippen molar-refractivity contribution in [1.82, 2.24) is 19.8 Å². The van der Waals surface area contributed by atoms with Crippen molar-refractivity contribution in [1.29, 1.82) is 0 Å². The van der Waals surface area contributed by atoms with Gasteiger partial charge in [0.05, 0.1) is 24.5 Å². The Balaban J connectivity index is 0.00000165.